The number of anilines is 1. The summed E-state index contributed by atoms with van der Waals surface area (Å²) >= 11 is 0. The molecule has 0 spiro atoms. The average molecular weight is 647 g/mol. The van der Waals surface area contributed by atoms with E-state index in [1.807, 2.05) is 59.7 Å². The van der Waals surface area contributed by atoms with E-state index in [0.29, 0.717) is 17.3 Å². The van der Waals surface area contributed by atoms with E-state index < -0.39 is 22.0 Å². The molecule has 0 unspecified atom stereocenters. The van der Waals surface area contributed by atoms with Crippen molar-refractivity contribution >= 4 is 21.9 Å². The van der Waals surface area contributed by atoms with E-state index in [-0.39, 0.29) is 54.3 Å². The summed E-state index contributed by atoms with van der Waals surface area (Å²) in [6, 6.07) is 12.7. The van der Waals surface area contributed by atoms with Crippen molar-refractivity contribution in [1.82, 2.24) is 24.8 Å². The molecular weight excluding hydrogens is 608 g/mol. The lowest BCUT2D eigenvalue weighted by Crippen LogP contribution is -2.46. The number of benzene rings is 2. The fourth-order valence-electron chi connectivity index (χ4n) is 5.02. The number of carbonyl (C=O) groups is 1. The van der Waals surface area contributed by atoms with Gasteiger partial charge in [-0.3, -0.25) is 4.79 Å². The molecule has 46 heavy (non-hydrogen) atoms. The fourth-order valence-corrected chi connectivity index (χ4v) is 6.01. The van der Waals surface area contributed by atoms with E-state index in [1.165, 1.54) is 23.1 Å². The Hall–Kier alpha value is -4.62. The Bertz CT molecular complexity index is 1790. The highest BCUT2D eigenvalue weighted by atomic mass is 32.2. The van der Waals surface area contributed by atoms with Gasteiger partial charge in [-0.15, -0.1) is 0 Å². The second-order valence-electron chi connectivity index (χ2n) is 11.6. The van der Waals surface area contributed by atoms with E-state index in [0.717, 1.165) is 16.7 Å². The van der Waals surface area contributed by atoms with Crippen LogP contribution in [0.25, 0.3) is 11.3 Å². The number of fused-ring (bicyclic) bond motifs is 4. The Kier molecular flexibility index (Phi) is 9.82. The van der Waals surface area contributed by atoms with Crippen LogP contribution in [0.5, 0.6) is 11.6 Å². The number of hydrogen-bond acceptors (Lipinski definition) is 10. The Morgan fingerprint density at radius 3 is 2.35 bits per heavy atom. The van der Waals surface area contributed by atoms with E-state index in [4.69, 9.17) is 14.2 Å². The maximum atomic E-state index is 14.2. The molecule has 0 radical (unpaired) electrons. The molecule has 0 fully saturated rings. The van der Waals surface area contributed by atoms with Crippen LogP contribution in [0.1, 0.15) is 55.0 Å². The Labute approximate surface area is 269 Å². The highest BCUT2D eigenvalue weighted by molar-refractivity contribution is 7.92. The number of sulfonamides is 1. The molecule has 1 amide bonds. The van der Waals surface area contributed by atoms with Gasteiger partial charge < -0.3 is 19.1 Å². The van der Waals surface area contributed by atoms with E-state index >= 15 is 0 Å². The van der Waals surface area contributed by atoms with Crippen molar-refractivity contribution in [2.45, 2.75) is 71.2 Å². The van der Waals surface area contributed by atoms with Crippen LogP contribution >= 0.6 is 0 Å². The van der Waals surface area contributed by atoms with Gasteiger partial charge in [-0.2, -0.15) is 4.98 Å². The summed E-state index contributed by atoms with van der Waals surface area (Å²) < 4.78 is 47.5. The van der Waals surface area contributed by atoms with E-state index in [1.54, 1.807) is 24.5 Å². The Balaban J connectivity index is 1.62. The van der Waals surface area contributed by atoms with Gasteiger partial charge in [-0.1, -0.05) is 24.3 Å². The van der Waals surface area contributed by atoms with Gasteiger partial charge >= 0.3 is 0 Å². The molecule has 1 aliphatic heterocycles. The number of amides is 1. The molecule has 2 aromatic carbocycles. The monoisotopic (exact) mass is 646 g/mol. The van der Waals surface area contributed by atoms with Crippen molar-refractivity contribution in [2.75, 3.05) is 17.9 Å². The van der Waals surface area contributed by atoms with Gasteiger partial charge in [-0.25, -0.2) is 28.1 Å². The molecule has 0 saturated carbocycles. The lowest BCUT2D eigenvalue weighted by molar-refractivity contribution is 0.00598. The topological polar surface area (TPSA) is 146 Å². The molecule has 5 rings (SSSR count). The first kappa shape index (κ1) is 32.8. The molecular formula is C33H38N6O6S. The molecule has 0 saturated heterocycles. The number of carbonyl (C=O) groups excluding carboxylic acids is 1. The quantitative estimate of drug-likeness (QED) is 0.279. The smallest absolute Gasteiger partial charge is 0.264 e. The molecule has 4 bridgehead atoms. The van der Waals surface area contributed by atoms with Crippen LogP contribution in [0.4, 0.5) is 5.95 Å². The van der Waals surface area contributed by atoms with Crippen LogP contribution in [0.2, 0.25) is 0 Å². The van der Waals surface area contributed by atoms with Crippen LogP contribution in [-0.4, -0.2) is 70.6 Å². The molecule has 12 nitrogen and oxygen atoms in total. The lowest BCUT2D eigenvalue weighted by Gasteiger charge is -2.31. The third-order valence-corrected chi connectivity index (χ3v) is 8.50. The molecule has 4 aromatic rings. The summed E-state index contributed by atoms with van der Waals surface area (Å²) in [6.45, 7) is 11.6. The summed E-state index contributed by atoms with van der Waals surface area (Å²) in [4.78, 5) is 33.4. The first-order chi connectivity index (χ1) is 21.9. The van der Waals surface area contributed by atoms with Gasteiger partial charge in [0.1, 0.15) is 12.4 Å². The molecule has 1 atom stereocenters. The lowest BCUT2D eigenvalue weighted by atomic mass is 10.00. The van der Waals surface area contributed by atoms with Gasteiger partial charge in [0.05, 0.1) is 54.4 Å². The van der Waals surface area contributed by atoms with Gasteiger partial charge in [-0.05, 0) is 70.9 Å². The minimum atomic E-state index is -4.19. The SMILES string of the molecule is Cc1cccc(C)c1-c1cc2nc(n1)NS(=O)(=O)c1cccc(c1)C(=O)N(Cc1ncc(OC(C)C)cn1)[C@H](COC(C)C)CO2. The zero-order chi connectivity index (χ0) is 33.0. The maximum Gasteiger partial charge on any atom is 0.264 e. The number of aryl methyl sites for hydroxylation is 2. The molecule has 1 aliphatic rings. The zero-order valence-corrected chi connectivity index (χ0v) is 27.5. The molecule has 1 N–H and O–H groups in total. The predicted molar refractivity (Wildman–Crippen MR) is 172 cm³/mol. The fraction of sp³-hybridized carbons (Fsp3) is 0.364. The highest BCUT2D eigenvalue weighted by Gasteiger charge is 2.30. The highest BCUT2D eigenvalue weighted by Crippen LogP contribution is 2.30. The number of hydrogen-bond donors (Lipinski definition) is 1. The Morgan fingerprint density at radius 1 is 0.978 bits per heavy atom. The number of aromatic nitrogens is 4. The third-order valence-electron chi connectivity index (χ3n) is 7.17. The average Bonchev–Trinajstić information content (AvgIpc) is 3.00. The third kappa shape index (κ3) is 7.77. The van der Waals surface area contributed by atoms with Crippen LogP contribution in [0, 0.1) is 13.8 Å². The summed E-state index contributed by atoms with van der Waals surface area (Å²) in [5, 5.41) is 0. The molecule has 13 heteroatoms. The van der Waals surface area contributed by atoms with Crippen molar-refractivity contribution in [1.29, 1.82) is 0 Å². The van der Waals surface area contributed by atoms with Crippen molar-refractivity contribution in [3.8, 4) is 22.9 Å². The zero-order valence-electron chi connectivity index (χ0n) is 26.7. The summed E-state index contributed by atoms with van der Waals surface area (Å²) in [6.07, 6.45) is 2.92. The van der Waals surface area contributed by atoms with E-state index in [2.05, 4.69) is 24.7 Å². The van der Waals surface area contributed by atoms with Gasteiger partial charge in [0.25, 0.3) is 15.9 Å². The summed E-state index contributed by atoms with van der Waals surface area (Å²) in [5.74, 6) is 0.384. The number of nitrogens with one attached hydrogen (secondary N) is 1. The maximum absolute atomic E-state index is 14.2. The molecule has 3 heterocycles. The van der Waals surface area contributed by atoms with Crippen molar-refractivity contribution in [2.24, 2.45) is 0 Å². The standard InChI is InChI=1S/C33H38N6O6S/c1-20(2)43-18-25-19-44-30-14-28(31-22(5)9-7-10-23(31)6)36-33(37-30)38-46(41,42)27-12-8-11-24(13-27)32(40)39(25)17-29-34-15-26(16-35-29)45-21(3)4/h7-16,20-21,25H,17-19H2,1-6H3,(H,36,37,38)/t25-/m1/s1. The normalized spacial score (nSPS) is 16.2. The number of rotatable bonds is 8. The van der Waals surface area contributed by atoms with Crippen LogP contribution in [0.15, 0.2) is 65.8 Å². The minimum absolute atomic E-state index is 0.00577. The molecule has 242 valence electrons. The van der Waals surface area contributed by atoms with Crippen molar-refractivity contribution in [3.63, 3.8) is 0 Å². The second-order valence-corrected chi connectivity index (χ2v) is 13.3. The van der Waals surface area contributed by atoms with Gasteiger partial charge in [0.15, 0.2) is 5.75 Å². The summed E-state index contributed by atoms with van der Waals surface area (Å²) in [7, 11) is -4.19. The summed E-state index contributed by atoms with van der Waals surface area (Å²) in [5.41, 5.74) is 3.38. The minimum Gasteiger partial charge on any atom is -0.488 e. The molecule has 0 aliphatic carbocycles. The van der Waals surface area contributed by atoms with Crippen LogP contribution in [0.3, 0.4) is 0 Å². The van der Waals surface area contributed by atoms with Crippen molar-refractivity contribution in [3.05, 3.63) is 83.4 Å². The predicted octanol–water partition coefficient (Wildman–Crippen LogP) is 4.97. The van der Waals surface area contributed by atoms with E-state index in [9.17, 15) is 13.2 Å². The van der Waals surface area contributed by atoms with Crippen molar-refractivity contribution < 1.29 is 27.4 Å². The first-order valence-electron chi connectivity index (χ1n) is 15.0. The largest absolute Gasteiger partial charge is 0.488 e. The van der Waals surface area contributed by atoms with Crippen LogP contribution < -0.4 is 14.2 Å². The second kappa shape index (κ2) is 13.8. The number of ether oxygens (including phenoxy) is 3. The van der Waals surface area contributed by atoms with Crippen LogP contribution in [-0.2, 0) is 21.3 Å². The van der Waals surface area contributed by atoms with Gasteiger partial charge in [0.2, 0.25) is 11.8 Å². The van der Waals surface area contributed by atoms with Gasteiger partial charge in [0, 0.05) is 17.2 Å². The Morgan fingerprint density at radius 2 is 1.67 bits per heavy atom. The first-order valence-corrected chi connectivity index (χ1v) is 16.5. The number of nitrogens with zero attached hydrogens (tertiary/aromatic N) is 5. The molecule has 2 aromatic heterocycles.